The van der Waals surface area contributed by atoms with Crippen LogP contribution in [-0.4, -0.2) is 30.8 Å². The predicted octanol–water partition coefficient (Wildman–Crippen LogP) is 6.70. The second kappa shape index (κ2) is 14.1. The van der Waals surface area contributed by atoms with E-state index in [0.29, 0.717) is 24.4 Å². The number of halogens is 1. The first-order valence-corrected chi connectivity index (χ1v) is 12.9. The number of aliphatic carboxylic acids is 1. The van der Waals surface area contributed by atoms with Crippen LogP contribution in [0.2, 0.25) is 0 Å². The fourth-order valence-electron chi connectivity index (χ4n) is 4.43. The molecule has 0 spiro atoms. The first-order chi connectivity index (χ1) is 17.6. The van der Waals surface area contributed by atoms with Gasteiger partial charge in [0.2, 0.25) is 0 Å². The van der Waals surface area contributed by atoms with Crippen molar-refractivity contribution >= 4 is 17.3 Å². The van der Waals surface area contributed by atoms with Crippen LogP contribution in [0.3, 0.4) is 0 Å². The predicted molar refractivity (Wildman–Crippen MR) is 145 cm³/mol. The van der Waals surface area contributed by atoms with E-state index < -0.39 is 5.97 Å². The highest BCUT2D eigenvalue weighted by Crippen LogP contribution is 2.30. The molecule has 1 aliphatic heterocycles. The number of aryl methyl sites for hydroxylation is 1. The normalized spacial score (nSPS) is 12.2. The van der Waals surface area contributed by atoms with Gasteiger partial charge in [0.25, 0.3) is 0 Å². The minimum atomic E-state index is -0.923. The van der Waals surface area contributed by atoms with Gasteiger partial charge in [-0.3, -0.25) is 4.79 Å². The van der Waals surface area contributed by atoms with Gasteiger partial charge in [-0.1, -0.05) is 50.2 Å². The van der Waals surface area contributed by atoms with Gasteiger partial charge in [0.05, 0.1) is 6.61 Å². The van der Waals surface area contributed by atoms with Gasteiger partial charge in [-0.2, -0.15) is 0 Å². The van der Waals surface area contributed by atoms with Crippen molar-refractivity contribution in [3.05, 3.63) is 89.2 Å². The lowest BCUT2D eigenvalue weighted by Crippen LogP contribution is -2.31. The Hall–Kier alpha value is -3.54. The zero-order valence-electron chi connectivity index (χ0n) is 21.3. The lowest BCUT2D eigenvalue weighted by atomic mass is 9.96. The van der Waals surface area contributed by atoms with Crippen molar-refractivity contribution < 1.29 is 19.0 Å². The van der Waals surface area contributed by atoms with Gasteiger partial charge in [0, 0.05) is 37.4 Å². The SMILES string of the molecule is CC.O=C(O)CCc1ccc(NCc2cccc3c2CCCN3CCCOc2ccccc2)cc1F. The molecule has 2 N–H and O–H groups in total. The van der Waals surface area contributed by atoms with Crippen LogP contribution >= 0.6 is 0 Å². The summed E-state index contributed by atoms with van der Waals surface area (Å²) in [6.45, 7) is 7.28. The summed E-state index contributed by atoms with van der Waals surface area (Å²) in [4.78, 5) is 13.2. The second-order valence-corrected chi connectivity index (χ2v) is 8.57. The minimum absolute atomic E-state index is 0.0747. The Morgan fingerprint density at radius 3 is 2.61 bits per heavy atom. The van der Waals surface area contributed by atoms with E-state index in [0.717, 1.165) is 38.1 Å². The summed E-state index contributed by atoms with van der Waals surface area (Å²) in [6.07, 6.45) is 3.21. The minimum Gasteiger partial charge on any atom is -0.494 e. The zero-order chi connectivity index (χ0) is 25.8. The van der Waals surface area contributed by atoms with Crippen LogP contribution in [0.1, 0.15) is 49.8 Å². The van der Waals surface area contributed by atoms with Crippen LogP contribution in [0.4, 0.5) is 15.8 Å². The number of fused-ring (bicyclic) bond motifs is 1. The van der Waals surface area contributed by atoms with Crippen LogP contribution in [0.5, 0.6) is 5.75 Å². The Labute approximate surface area is 213 Å². The third-order valence-electron chi connectivity index (χ3n) is 6.17. The maximum Gasteiger partial charge on any atom is 0.303 e. The molecular weight excluding hydrogens is 455 g/mol. The molecule has 0 fully saturated rings. The first kappa shape index (κ1) is 27.1. The number of benzene rings is 3. The molecule has 5 nitrogen and oxygen atoms in total. The number of nitrogens with one attached hydrogen (secondary N) is 1. The van der Waals surface area contributed by atoms with Crippen molar-refractivity contribution in [2.24, 2.45) is 0 Å². The molecule has 3 aromatic rings. The molecule has 0 saturated heterocycles. The second-order valence-electron chi connectivity index (χ2n) is 8.57. The molecule has 0 aromatic heterocycles. The maximum absolute atomic E-state index is 14.4. The van der Waals surface area contributed by atoms with Gasteiger partial charge < -0.3 is 20.1 Å². The molecule has 0 radical (unpaired) electrons. The van der Waals surface area contributed by atoms with E-state index in [4.69, 9.17) is 9.84 Å². The molecule has 0 atom stereocenters. The number of nitrogens with zero attached hydrogens (tertiary/aromatic N) is 1. The number of ether oxygens (including phenoxy) is 1. The summed E-state index contributed by atoms with van der Waals surface area (Å²) < 4.78 is 20.2. The molecule has 0 saturated carbocycles. The van der Waals surface area contributed by atoms with Gasteiger partial charge in [-0.25, -0.2) is 4.39 Å². The molecule has 1 aliphatic rings. The van der Waals surface area contributed by atoms with E-state index >= 15 is 0 Å². The molecule has 1 heterocycles. The van der Waals surface area contributed by atoms with Gasteiger partial charge in [-0.15, -0.1) is 0 Å². The van der Waals surface area contributed by atoms with Crippen molar-refractivity contribution in [1.82, 2.24) is 0 Å². The number of rotatable bonds is 11. The fraction of sp³-hybridized carbons (Fsp3) is 0.367. The summed E-state index contributed by atoms with van der Waals surface area (Å²) >= 11 is 0. The molecule has 6 heteroatoms. The van der Waals surface area contributed by atoms with E-state index in [1.165, 1.54) is 22.9 Å². The summed E-state index contributed by atoms with van der Waals surface area (Å²) in [5, 5.41) is 12.1. The Morgan fingerprint density at radius 1 is 1.06 bits per heavy atom. The van der Waals surface area contributed by atoms with E-state index in [-0.39, 0.29) is 18.7 Å². The van der Waals surface area contributed by atoms with Crippen molar-refractivity contribution in [2.45, 2.75) is 52.5 Å². The van der Waals surface area contributed by atoms with Gasteiger partial charge in [0.15, 0.2) is 0 Å². The maximum atomic E-state index is 14.4. The summed E-state index contributed by atoms with van der Waals surface area (Å²) in [7, 11) is 0. The van der Waals surface area contributed by atoms with Crippen molar-refractivity contribution in [2.75, 3.05) is 29.9 Å². The molecule has 3 aromatic carbocycles. The molecule has 0 amide bonds. The average Bonchev–Trinajstić information content (AvgIpc) is 2.91. The number of carbonyl (C=O) groups is 1. The van der Waals surface area contributed by atoms with Crippen molar-refractivity contribution in [1.29, 1.82) is 0 Å². The Kier molecular flexibility index (Phi) is 10.6. The molecule has 0 bridgehead atoms. The fourth-order valence-corrected chi connectivity index (χ4v) is 4.43. The lowest BCUT2D eigenvalue weighted by Gasteiger charge is -2.32. The molecule has 192 valence electrons. The molecule has 0 aliphatic carbocycles. The topological polar surface area (TPSA) is 61.8 Å². The largest absolute Gasteiger partial charge is 0.494 e. The number of hydrogen-bond donors (Lipinski definition) is 2. The van der Waals surface area contributed by atoms with Crippen LogP contribution in [-0.2, 0) is 24.2 Å². The van der Waals surface area contributed by atoms with E-state index in [9.17, 15) is 9.18 Å². The highest BCUT2D eigenvalue weighted by molar-refractivity contribution is 5.67. The number of para-hydroxylation sites is 1. The number of carboxylic acid groups (broad SMARTS) is 1. The van der Waals surface area contributed by atoms with Crippen LogP contribution < -0.4 is 15.0 Å². The standard InChI is InChI=1S/C28H31FN2O3.C2H6/c29-26-19-23(14-12-21(26)13-15-28(32)33)30-20-22-7-4-11-27-25(22)10-5-16-31(27)17-6-18-34-24-8-2-1-3-9-24;1-2/h1-4,7-9,11-12,14,19,30H,5-6,10,13,15-18,20H2,(H,32,33);1-2H3. The first-order valence-electron chi connectivity index (χ1n) is 12.9. The van der Waals surface area contributed by atoms with E-state index in [1.54, 1.807) is 6.07 Å². The van der Waals surface area contributed by atoms with Gasteiger partial charge >= 0.3 is 5.97 Å². The average molecular weight is 493 g/mol. The van der Waals surface area contributed by atoms with Crippen LogP contribution in [0.15, 0.2) is 66.7 Å². The van der Waals surface area contributed by atoms with Crippen molar-refractivity contribution in [3.8, 4) is 5.75 Å². The van der Waals surface area contributed by atoms with Gasteiger partial charge in [0.1, 0.15) is 11.6 Å². The lowest BCUT2D eigenvalue weighted by molar-refractivity contribution is -0.136. The van der Waals surface area contributed by atoms with E-state index in [2.05, 4.69) is 28.4 Å². The third kappa shape index (κ3) is 7.74. The Bertz CT molecular complexity index is 1100. The van der Waals surface area contributed by atoms with Crippen LogP contribution in [0.25, 0.3) is 0 Å². The number of hydrogen-bond acceptors (Lipinski definition) is 4. The van der Waals surface area contributed by atoms with E-state index in [1.807, 2.05) is 50.2 Å². The Balaban J connectivity index is 0.00000176. The van der Waals surface area contributed by atoms with Gasteiger partial charge in [-0.05, 0) is 72.7 Å². The molecule has 36 heavy (non-hydrogen) atoms. The smallest absolute Gasteiger partial charge is 0.303 e. The summed E-state index contributed by atoms with van der Waals surface area (Å²) in [5.41, 5.74) is 4.97. The summed E-state index contributed by atoms with van der Waals surface area (Å²) in [6, 6.07) is 21.2. The highest BCUT2D eigenvalue weighted by atomic mass is 19.1. The quantitative estimate of drug-likeness (QED) is 0.292. The molecular formula is C30H37FN2O3. The Morgan fingerprint density at radius 2 is 1.86 bits per heavy atom. The van der Waals surface area contributed by atoms with Crippen molar-refractivity contribution in [3.63, 3.8) is 0 Å². The van der Waals surface area contributed by atoms with Crippen LogP contribution in [0, 0.1) is 5.82 Å². The monoisotopic (exact) mass is 492 g/mol. The zero-order valence-corrected chi connectivity index (χ0v) is 21.3. The number of anilines is 2. The molecule has 0 unspecified atom stereocenters. The molecule has 4 rings (SSSR count). The summed E-state index contributed by atoms with van der Waals surface area (Å²) in [5.74, 6) is -0.389. The third-order valence-corrected chi connectivity index (χ3v) is 6.17. The highest BCUT2D eigenvalue weighted by Gasteiger charge is 2.19. The number of carboxylic acids is 1.